The molecular weight excluding hydrogens is 168 g/mol. The number of primary amides is 1. The molecule has 2 amide bonds. The molecule has 0 bridgehead atoms. The van der Waals surface area contributed by atoms with Crippen LogP contribution >= 0.6 is 0 Å². The molecule has 0 saturated carbocycles. The van der Waals surface area contributed by atoms with Gasteiger partial charge >= 0.3 is 6.03 Å². The highest BCUT2D eigenvalue weighted by Crippen LogP contribution is 2.11. The third kappa shape index (κ3) is 2.17. The van der Waals surface area contributed by atoms with Crippen LogP contribution in [-0.4, -0.2) is 11.0 Å². The fourth-order valence-corrected chi connectivity index (χ4v) is 0.883. The van der Waals surface area contributed by atoms with E-state index in [0.29, 0.717) is 16.9 Å². The van der Waals surface area contributed by atoms with Crippen LogP contribution in [0.2, 0.25) is 0 Å². The number of aromatic nitrogens is 1. The number of carbonyl (C=O) groups excluding carboxylic acids is 1. The monoisotopic (exact) mass is 176 g/mol. The molecule has 1 aromatic rings. The summed E-state index contributed by atoms with van der Waals surface area (Å²) < 4.78 is 0. The Balaban J connectivity index is 3.00. The van der Waals surface area contributed by atoms with Crippen molar-refractivity contribution < 1.29 is 4.79 Å². The molecule has 5 heteroatoms. The lowest BCUT2D eigenvalue weighted by atomic mass is 10.2. The summed E-state index contributed by atoms with van der Waals surface area (Å²) in [5.74, 6) is 0.381. The normalized spacial score (nSPS) is 8.92. The Labute approximate surface area is 75.2 Å². The topological polar surface area (TPSA) is 91.8 Å². The Hall–Kier alpha value is -2.09. The summed E-state index contributed by atoms with van der Waals surface area (Å²) in [7, 11) is 0. The molecule has 0 aliphatic heterocycles. The second-order valence-corrected chi connectivity index (χ2v) is 2.49. The van der Waals surface area contributed by atoms with Crippen LogP contribution in [0.1, 0.15) is 11.1 Å². The van der Waals surface area contributed by atoms with Gasteiger partial charge < -0.3 is 5.73 Å². The molecule has 0 aromatic carbocycles. The maximum atomic E-state index is 10.5. The first-order valence-electron chi connectivity index (χ1n) is 3.56. The average molecular weight is 176 g/mol. The molecule has 1 aromatic heterocycles. The van der Waals surface area contributed by atoms with Gasteiger partial charge in [0.05, 0.1) is 5.56 Å². The van der Waals surface area contributed by atoms with Crippen molar-refractivity contribution >= 4 is 11.8 Å². The number of hydrogen-bond donors (Lipinski definition) is 2. The second kappa shape index (κ2) is 3.54. The first-order chi connectivity index (χ1) is 6.13. The van der Waals surface area contributed by atoms with Gasteiger partial charge in [0.2, 0.25) is 0 Å². The van der Waals surface area contributed by atoms with Crippen LogP contribution in [-0.2, 0) is 0 Å². The number of urea groups is 1. The van der Waals surface area contributed by atoms with Crippen molar-refractivity contribution in [1.29, 1.82) is 5.26 Å². The van der Waals surface area contributed by atoms with E-state index in [0.717, 1.165) is 0 Å². The van der Waals surface area contributed by atoms with Crippen LogP contribution < -0.4 is 11.1 Å². The number of nitrogens with one attached hydrogen (secondary N) is 1. The van der Waals surface area contributed by atoms with Crippen molar-refractivity contribution in [3.63, 3.8) is 0 Å². The van der Waals surface area contributed by atoms with Gasteiger partial charge in [0, 0.05) is 6.20 Å². The zero-order valence-corrected chi connectivity index (χ0v) is 7.03. The van der Waals surface area contributed by atoms with Crippen LogP contribution in [0.3, 0.4) is 0 Å². The lowest BCUT2D eigenvalue weighted by Gasteiger charge is -2.03. The van der Waals surface area contributed by atoms with Crippen LogP contribution in [0.25, 0.3) is 0 Å². The van der Waals surface area contributed by atoms with E-state index in [1.54, 1.807) is 13.0 Å². The molecule has 0 radical (unpaired) electrons. The summed E-state index contributed by atoms with van der Waals surface area (Å²) in [6.07, 6.45) is 1.37. The number of anilines is 1. The number of amides is 2. The minimum Gasteiger partial charge on any atom is -0.351 e. The molecule has 0 aliphatic carbocycles. The maximum absolute atomic E-state index is 10.5. The highest BCUT2D eigenvalue weighted by Gasteiger charge is 2.02. The van der Waals surface area contributed by atoms with E-state index in [1.807, 2.05) is 6.07 Å². The number of aryl methyl sites for hydroxylation is 1. The van der Waals surface area contributed by atoms with E-state index < -0.39 is 6.03 Å². The fraction of sp³-hybridized carbons (Fsp3) is 0.125. The molecular formula is C8H8N4O. The predicted octanol–water partition coefficient (Wildman–Crippen LogP) is 0.752. The molecule has 0 saturated heterocycles. The van der Waals surface area contributed by atoms with E-state index in [-0.39, 0.29) is 0 Å². The van der Waals surface area contributed by atoms with Gasteiger partial charge in [-0.2, -0.15) is 5.26 Å². The quantitative estimate of drug-likeness (QED) is 0.661. The van der Waals surface area contributed by atoms with E-state index in [1.165, 1.54) is 6.20 Å². The van der Waals surface area contributed by atoms with Gasteiger partial charge in [-0.1, -0.05) is 0 Å². The first-order valence-corrected chi connectivity index (χ1v) is 3.56. The van der Waals surface area contributed by atoms with Crippen LogP contribution in [0, 0.1) is 18.3 Å². The lowest BCUT2D eigenvalue weighted by molar-refractivity contribution is 0.259. The van der Waals surface area contributed by atoms with Crippen molar-refractivity contribution in [3.05, 3.63) is 23.4 Å². The Morgan fingerprint density at radius 3 is 2.92 bits per heavy atom. The van der Waals surface area contributed by atoms with Crippen molar-refractivity contribution in [2.24, 2.45) is 5.73 Å². The highest BCUT2D eigenvalue weighted by atomic mass is 16.2. The smallest absolute Gasteiger partial charge is 0.317 e. The summed E-state index contributed by atoms with van der Waals surface area (Å²) in [5, 5.41) is 10.9. The molecule has 13 heavy (non-hydrogen) atoms. The second-order valence-electron chi connectivity index (χ2n) is 2.49. The van der Waals surface area contributed by atoms with Crippen molar-refractivity contribution in [3.8, 4) is 6.07 Å². The highest BCUT2D eigenvalue weighted by molar-refractivity contribution is 5.87. The minimum absolute atomic E-state index is 0.381. The Morgan fingerprint density at radius 2 is 2.46 bits per heavy atom. The summed E-state index contributed by atoms with van der Waals surface area (Å²) in [4.78, 5) is 14.3. The third-order valence-corrected chi connectivity index (χ3v) is 1.45. The summed E-state index contributed by atoms with van der Waals surface area (Å²) >= 11 is 0. The Morgan fingerprint density at radius 1 is 1.77 bits per heavy atom. The van der Waals surface area contributed by atoms with Crippen LogP contribution in [0.15, 0.2) is 12.3 Å². The standard InChI is InChI=1S/C8H8N4O/c1-5-2-6(3-9)4-11-7(5)12-8(10)13/h2,4H,1H3,(H3,10,11,12,13). The van der Waals surface area contributed by atoms with Gasteiger partial charge in [-0.25, -0.2) is 9.78 Å². The van der Waals surface area contributed by atoms with Gasteiger partial charge in [-0.05, 0) is 18.6 Å². The molecule has 0 aliphatic rings. The molecule has 0 atom stereocenters. The van der Waals surface area contributed by atoms with Gasteiger partial charge in [0.25, 0.3) is 0 Å². The summed E-state index contributed by atoms with van der Waals surface area (Å²) in [5.41, 5.74) is 6.07. The number of pyridine rings is 1. The fourth-order valence-electron chi connectivity index (χ4n) is 0.883. The molecule has 1 rings (SSSR count). The molecule has 66 valence electrons. The maximum Gasteiger partial charge on any atom is 0.317 e. The third-order valence-electron chi connectivity index (χ3n) is 1.45. The Bertz CT molecular complexity index is 380. The number of nitrogens with two attached hydrogens (primary N) is 1. The number of nitrogens with zero attached hydrogens (tertiary/aromatic N) is 2. The Kier molecular flexibility index (Phi) is 2.45. The molecule has 0 spiro atoms. The van der Waals surface area contributed by atoms with Gasteiger partial charge in [-0.3, -0.25) is 5.32 Å². The van der Waals surface area contributed by atoms with E-state index in [4.69, 9.17) is 11.0 Å². The van der Waals surface area contributed by atoms with Crippen LogP contribution in [0.5, 0.6) is 0 Å². The van der Waals surface area contributed by atoms with Gasteiger partial charge in [0.15, 0.2) is 0 Å². The van der Waals surface area contributed by atoms with Crippen molar-refractivity contribution in [1.82, 2.24) is 4.98 Å². The lowest BCUT2D eigenvalue weighted by Crippen LogP contribution is -2.20. The van der Waals surface area contributed by atoms with Crippen LogP contribution in [0.4, 0.5) is 10.6 Å². The summed E-state index contributed by atoms with van der Waals surface area (Å²) in [6.45, 7) is 1.74. The SMILES string of the molecule is Cc1cc(C#N)cnc1NC(N)=O. The van der Waals surface area contributed by atoms with E-state index in [2.05, 4.69) is 10.3 Å². The number of nitriles is 1. The average Bonchev–Trinajstić information content (AvgIpc) is 2.08. The molecule has 0 unspecified atom stereocenters. The zero-order valence-electron chi connectivity index (χ0n) is 7.03. The first kappa shape index (κ1) is 9.00. The van der Waals surface area contributed by atoms with E-state index >= 15 is 0 Å². The van der Waals surface area contributed by atoms with E-state index in [9.17, 15) is 4.79 Å². The predicted molar refractivity (Wildman–Crippen MR) is 46.9 cm³/mol. The molecule has 5 nitrogen and oxygen atoms in total. The number of hydrogen-bond acceptors (Lipinski definition) is 3. The molecule has 1 heterocycles. The minimum atomic E-state index is -0.666. The van der Waals surface area contributed by atoms with Crippen molar-refractivity contribution in [2.75, 3.05) is 5.32 Å². The van der Waals surface area contributed by atoms with Gasteiger partial charge in [0.1, 0.15) is 11.9 Å². The largest absolute Gasteiger partial charge is 0.351 e. The van der Waals surface area contributed by atoms with Crippen molar-refractivity contribution in [2.45, 2.75) is 6.92 Å². The molecule has 0 fully saturated rings. The summed E-state index contributed by atoms with van der Waals surface area (Å²) in [6, 6.07) is 2.90. The van der Waals surface area contributed by atoms with Gasteiger partial charge in [-0.15, -0.1) is 0 Å². The number of carbonyl (C=O) groups is 1. The number of rotatable bonds is 1. The molecule has 3 N–H and O–H groups in total. The zero-order chi connectivity index (χ0) is 9.84.